The third-order valence-electron chi connectivity index (χ3n) is 2.60. The molecule has 4 heteroatoms. The Labute approximate surface area is 99.4 Å². The molecule has 0 saturated heterocycles. The van der Waals surface area contributed by atoms with Gasteiger partial charge in [-0.05, 0) is 6.07 Å². The largest absolute Gasteiger partial charge is 0.495 e. The Morgan fingerprint density at radius 1 is 1.44 bits per heavy atom. The zero-order chi connectivity index (χ0) is 11.5. The second-order valence-corrected chi connectivity index (χ2v) is 3.97. The minimum Gasteiger partial charge on any atom is -0.495 e. The minimum atomic E-state index is 0.128. The molecule has 1 N–H and O–H groups in total. The third-order valence-corrected chi connectivity index (χ3v) is 2.90. The van der Waals surface area contributed by atoms with Gasteiger partial charge in [0.25, 0.3) is 0 Å². The van der Waals surface area contributed by atoms with Crippen LogP contribution in [0.3, 0.4) is 0 Å². The van der Waals surface area contributed by atoms with E-state index >= 15 is 0 Å². The van der Waals surface area contributed by atoms with Crippen molar-refractivity contribution in [1.29, 1.82) is 0 Å². The van der Waals surface area contributed by atoms with Crippen molar-refractivity contribution in [2.45, 2.75) is 12.8 Å². The molecule has 1 unspecified atom stereocenters. The highest BCUT2D eigenvalue weighted by Gasteiger charge is 2.17. The Balaban J connectivity index is 2.44. The summed E-state index contributed by atoms with van der Waals surface area (Å²) in [5.74, 6) is 1.75. The number of nitrogens with zero attached hydrogens (tertiary/aromatic N) is 1. The second-order valence-electron chi connectivity index (χ2n) is 3.56. The van der Waals surface area contributed by atoms with E-state index in [0.29, 0.717) is 10.8 Å². The summed E-state index contributed by atoms with van der Waals surface area (Å²) in [6.45, 7) is 2.06. The van der Waals surface area contributed by atoms with E-state index in [0.717, 1.165) is 11.4 Å². The van der Waals surface area contributed by atoms with Crippen molar-refractivity contribution in [3.63, 3.8) is 0 Å². The number of H-pyrrole nitrogens is 1. The summed E-state index contributed by atoms with van der Waals surface area (Å²) in [5.41, 5.74) is 1.03. The number of para-hydroxylation sites is 1. The Kier molecular flexibility index (Phi) is 3.15. The normalized spacial score (nSPS) is 12.4. The van der Waals surface area contributed by atoms with Gasteiger partial charge in [0.05, 0.1) is 12.1 Å². The molecule has 16 heavy (non-hydrogen) atoms. The molecule has 84 valence electrons. The van der Waals surface area contributed by atoms with Crippen LogP contribution in [0.15, 0.2) is 30.6 Å². The Morgan fingerprint density at radius 2 is 2.25 bits per heavy atom. The highest BCUT2D eigenvalue weighted by Crippen LogP contribution is 2.35. The first-order valence-corrected chi connectivity index (χ1v) is 5.43. The molecule has 0 radical (unpaired) electrons. The molecule has 1 heterocycles. The molecule has 0 aliphatic rings. The van der Waals surface area contributed by atoms with E-state index in [2.05, 4.69) is 16.9 Å². The summed E-state index contributed by atoms with van der Waals surface area (Å²) < 4.78 is 5.32. The summed E-state index contributed by atoms with van der Waals surface area (Å²) in [4.78, 5) is 7.34. The highest BCUT2D eigenvalue weighted by molar-refractivity contribution is 6.32. The number of ether oxygens (including phenoxy) is 1. The lowest BCUT2D eigenvalue weighted by atomic mass is 9.99. The van der Waals surface area contributed by atoms with Crippen LogP contribution in [0.1, 0.15) is 24.2 Å². The quantitative estimate of drug-likeness (QED) is 0.889. The number of halogens is 1. The van der Waals surface area contributed by atoms with Crippen LogP contribution in [0, 0.1) is 0 Å². The average molecular weight is 237 g/mol. The molecular formula is C12H13ClN2O. The van der Waals surface area contributed by atoms with Gasteiger partial charge in [0, 0.05) is 23.9 Å². The van der Waals surface area contributed by atoms with Crippen LogP contribution in [0.25, 0.3) is 0 Å². The van der Waals surface area contributed by atoms with Crippen molar-refractivity contribution in [2.75, 3.05) is 7.11 Å². The maximum atomic E-state index is 6.08. The van der Waals surface area contributed by atoms with E-state index in [1.807, 2.05) is 24.4 Å². The predicted octanol–water partition coefficient (Wildman–Crippen LogP) is 3.22. The minimum absolute atomic E-state index is 0.128. The number of methoxy groups -OCH3 is 1. The molecule has 1 aromatic heterocycles. The first kappa shape index (κ1) is 11.0. The topological polar surface area (TPSA) is 37.9 Å². The molecular weight excluding hydrogens is 224 g/mol. The molecule has 0 bridgehead atoms. The number of hydrogen-bond donors (Lipinski definition) is 1. The fourth-order valence-corrected chi connectivity index (χ4v) is 2.00. The molecule has 0 amide bonds. The van der Waals surface area contributed by atoms with Gasteiger partial charge in [-0.3, -0.25) is 0 Å². The van der Waals surface area contributed by atoms with Crippen molar-refractivity contribution in [2.24, 2.45) is 0 Å². The Bertz CT molecular complexity index is 468. The number of nitrogens with one attached hydrogen (secondary N) is 1. The van der Waals surface area contributed by atoms with Crippen LogP contribution >= 0.6 is 11.6 Å². The van der Waals surface area contributed by atoms with Crippen molar-refractivity contribution in [1.82, 2.24) is 9.97 Å². The first-order chi connectivity index (χ1) is 7.74. The van der Waals surface area contributed by atoms with Gasteiger partial charge in [0.1, 0.15) is 11.6 Å². The monoisotopic (exact) mass is 236 g/mol. The highest BCUT2D eigenvalue weighted by atomic mass is 35.5. The number of imidazole rings is 1. The number of aromatic amines is 1. The fraction of sp³-hybridized carbons (Fsp3) is 0.250. The summed E-state index contributed by atoms with van der Waals surface area (Å²) in [6.07, 6.45) is 3.55. The maximum Gasteiger partial charge on any atom is 0.141 e. The van der Waals surface area contributed by atoms with E-state index in [1.54, 1.807) is 13.3 Å². The van der Waals surface area contributed by atoms with E-state index < -0.39 is 0 Å². The molecule has 2 aromatic rings. The lowest BCUT2D eigenvalue weighted by Crippen LogP contribution is -2.01. The number of rotatable bonds is 3. The van der Waals surface area contributed by atoms with Crippen LogP contribution in [0.5, 0.6) is 5.75 Å². The Morgan fingerprint density at radius 3 is 2.88 bits per heavy atom. The molecule has 1 atom stereocenters. The van der Waals surface area contributed by atoms with E-state index in [-0.39, 0.29) is 5.92 Å². The SMILES string of the molecule is COc1c(Cl)cccc1C(C)c1ncc[nH]1. The summed E-state index contributed by atoms with van der Waals surface area (Å²) >= 11 is 6.08. The third kappa shape index (κ3) is 1.91. The zero-order valence-electron chi connectivity index (χ0n) is 9.20. The van der Waals surface area contributed by atoms with Crippen molar-refractivity contribution in [3.8, 4) is 5.75 Å². The van der Waals surface area contributed by atoms with Crippen LogP contribution in [-0.2, 0) is 0 Å². The fourth-order valence-electron chi connectivity index (χ4n) is 1.74. The first-order valence-electron chi connectivity index (χ1n) is 5.05. The standard InChI is InChI=1S/C12H13ClN2O/c1-8(12-14-6-7-15-12)9-4-3-5-10(13)11(9)16-2/h3-8H,1-2H3,(H,14,15). The van der Waals surface area contributed by atoms with Gasteiger partial charge in [-0.15, -0.1) is 0 Å². The van der Waals surface area contributed by atoms with Crippen LogP contribution in [0.4, 0.5) is 0 Å². The van der Waals surface area contributed by atoms with Gasteiger partial charge in [-0.1, -0.05) is 30.7 Å². The summed E-state index contributed by atoms with van der Waals surface area (Å²) in [7, 11) is 1.62. The lowest BCUT2D eigenvalue weighted by Gasteiger charge is -2.14. The van der Waals surface area contributed by atoms with Gasteiger partial charge in [-0.25, -0.2) is 4.98 Å². The molecule has 3 nitrogen and oxygen atoms in total. The second kappa shape index (κ2) is 4.58. The molecule has 0 aliphatic carbocycles. The zero-order valence-corrected chi connectivity index (χ0v) is 9.95. The molecule has 0 aliphatic heterocycles. The molecule has 0 spiro atoms. The van der Waals surface area contributed by atoms with Gasteiger partial charge in [0.15, 0.2) is 0 Å². The van der Waals surface area contributed by atoms with Crippen LogP contribution in [-0.4, -0.2) is 17.1 Å². The lowest BCUT2D eigenvalue weighted by molar-refractivity contribution is 0.408. The van der Waals surface area contributed by atoms with Crippen LogP contribution in [0.2, 0.25) is 5.02 Å². The van der Waals surface area contributed by atoms with E-state index in [9.17, 15) is 0 Å². The predicted molar refractivity (Wildman–Crippen MR) is 64.1 cm³/mol. The van der Waals surface area contributed by atoms with Gasteiger partial charge in [-0.2, -0.15) is 0 Å². The van der Waals surface area contributed by atoms with Crippen molar-refractivity contribution >= 4 is 11.6 Å². The molecule has 2 rings (SSSR count). The molecule has 0 saturated carbocycles. The summed E-state index contributed by atoms with van der Waals surface area (Å²) in [5, 5.41) is 0.624. The van der Waals surface area contributed by atoms with Gasteiger partial charge < -0.3 is 9.72 Å². The van der Waals surface area contributed by atoms with Gasteiger partial charge in [0.2, 0.25) is 0 Å². The van der Waals surface area contributed by atoms with E-state index in [1.165, 1.54) is 0 Å². The average Bonchev–Trinajstić information content (AvgIpc) is 2.81. The van der Waals surface area contributed by atoms with Crippen LogP contribution < -0.4 is 4.74 Å². The number of benzene rings is 1. The van der Waals surface area contributed by atoms with Crippen molar-refractivity contribution in [3.05, 3.63) is 47.0 Å². The summed E-state index contributed by atoms with van der Waals surface area (Å²) in [6, 6.07) is 5.73. The van der Waals surface area contributed by atoms with E-state index in [4.69, 9.17) is 16.3 Å². The van der Waals surface area contributed by atoms with Crippen molar-refractivity contribution < 1.29 is 4.74 Å². The Hall–Kier alpha value is -1.48. The molecule has 1 aromatic carbocycles. The molecule has 0 fully saturated rings. The number of aromatic nitrogens is 2. The maximum absolute atomic E-state index is 6.08. The van der Waals surface area contributed by atoms with Gasteiger partial charge >= 0.3 is 0 Å². The smallest absolute Gasteiger partial charge is 0.141 e. The number of hydrogen-bond acceptors (Lipinski definition) is 2.